The van der Waals surface area contributed by atoms with E-state index >= 15 is 0 Å². The highest BCUT2D eigenvalue weighted by molar-refractivity contribution is 7.90. The van der Waals surface area contributed by atoms with Crippen LogP contribution in [-0.2, 0) is 30.5 Å². The predicted octanol–water partition coefficient (Wildman–Crippen LogP) is 2.76. The van der Waals surface area contributed by atoms with Gasteiger partial charge in [0.1, 0.15) is 6.61 Å². The van der Waals surface area contributed by atoms with Gasteiger partial charge in [0.2, 0.25) is 6.79 Å². The summed E-state index contributed by atoms with van der Waals surface area (Å²) in [5.41, 5.74) is 2.81. The van der Waals surface area contributed by atoms with Gasteiger partial charge in [-0.1, -0.05) is 48.0 Å². The summed E-state index contributed by atoms with van der Waals surface area (Å²) >= 11 is 0. The maximum absolute atomic E-state index is 13.5. The molecule has 1 aromatic heterocycles. The van der Waals surface area contributed by atoms with Crippen molar-refractivity contribution in [3.05, 3.63) is 107 Å². The van der Waals surface area contributed by atoms with Crippen LogP contribution in [0, 0.1) is 12.1 Å². The molecule has 14 nitrogen and oxygen atoms in total. The minimum absolute atomic E-state index is 0.131. The Morgan fingerprint density at radius 2 is 1.66 bits per heavy atom. The summed E-state index contributed by atoms with van der Waals surface area (Å²) in [4.78, 5) is 28.4. The van der Waals surface area contributed by atoms with Crippen LogP contribution in [0.2, 0.25) is 0 Å². The number of nitrogens with zero attached hydrogens (tertiary/aromatic N) is 3. The second-order valence-electron chi connectivity index (χ2n) is 9.81. The number of sulfonamides is 1. The Morgan fingerprint density at radius 3 is 2.30 bits per heavy atom. The maximum atomic E-state index is 13.5. The monoisotopic (exact) mass is 678 g/mol. The van der Waals surface area contributed by atoms with Crippen LogP contribution in [0.25, 0.3) is 16.9 Å². The second-order valence-corrected chi connectivity index (χ2v) is 11.5. The topological polar surface area (TPSA) is 169 Å². The molecule has 0 radical (unpaired) electrons. The first-order chi connectivity index (χ1) is 22.2. The van der Waals surface area contributed by atoms with Gasteiger partial charge >= 0.3 is 18.2 Å². The Balaban J connectivity index is 1.28. The number of halogens is 3. The fraction of sp³-hybridized carbons (Fsp3) is 0.207. The number of hydrogen-bond acceptors (Lipinski definition) is 11. The van der Waals surface area contributed by atoms with Crippen LogP contribution in [0.3, 0.4) is 0 Å². The van der Waals surface area contributed by atoms with Gasteiger partial charge in [-0.05, 0) is 55.0 Å². The number of rotatable bonds is 13. The zero-order valence-corrected chi connectivity index (χ0v) is 25.7. The molecule has 3 N–H and O–H groups in total. The third-order valence-electron chi connectivity index (χ3n) is 6.38. The highest BCUT2D eigenvalue weighted by Crippen LogP contribution is 2.33. The molecule has 4 aromatic rings. The van der Waals surface area contributed by atoms with E-state index in [4.69, 9.17) is 14.3 Å². The van der Waals surface area contributed by atoms with Gasteiger partial charge in [0.15, 0.2) is 5.69 Å². The average molecular weight is 679 g/mol. The quantitative estimate of drug-likeness (QED) is 0.0823. The molecule has 0 saturated heterocycles. The molecule has 0 bridgehead atoms. The smallest absolute Gasteiger partial charge is 0.435 e. The third kappa shape index (κ3) is 9.58. The van der Waals surface area contributed by atoms with E-state index in [-0.39, 0.29) is 22.8 Å². The molecule has 1 unspecified atom stereocenters. The SMILES string of the molecule is Cc1ccc(-c2cc(C(F)(F)F)nn2-c2ccc(S(=O)(=O)NC(=O)OCCN(C)[NH+]([O-])NOCOC(=O)c3ccccc3)cc2)cc1. The summed E-state index contributed by atoms with van der Waals surface area (Å²) in [6.07, 6.45) is -6.06. The van der Waals surface area contributed by atoms with Crippen molar-refractivity contribution in [2.24, 2.45) is 0 Å². The fourth-order valence-electron chi connectivity index (χ4n) is 3.90. The molecule has 0 aliphatic carbocycles. The molecule has 47 heavy (non-hydrogen) atoms. The predicted molar refractivity (Wildman–Crippen MR) is 158 cm³/mol. The molecule has 1 amide bonds. The number of alkyl halides is 3. The summed E-state index contributed by atoms with van der Waals surface area (Å²) in [7, 11) is -3.11. The molecule has 0 spiro atoms. The number of likely N-dealkylation sites (N-methyl/N-ethyl adjacent to an activating group) is 1. The zero-order valence-electron chi connectivity index (χ0n) is 24.9. The molecule has 0 aliphatic rings. The number of aryl methyl sites for hydroxylation is 1. The van der Waals surface area contributed by atoms with E-state index in [9.17, 15) is 36.4 Å². The Bertz CT molecular complexity index is 1770. The third-order valence-corrected chi connectivity index (χ3v) is 7.71. The highest BCUT2D eigenvalue weighted by Gasteiger charge is 2.35. The fourth-order valence-corrected chi connectivity index (χ4v) is 4.79. The minimum atomic E-state index is -4.72. The van der Waals surface area contributed by atoms with Crippen LogP contribution in [0.15, 0.2) is 89.8 Å². The molecule has 0 fully saturated rings. The summed E-state index contributed by atoms with van der Waals surface area (Å²) in [6.45, 7) is 0.677. The van der Waals surface area contributed by atoms with Crippen molar-refractivity contribution in [2.75, 3.05) is 27.0 Å². The molecule has 1 atom stereocenters. The number of hydrogen-bond donors (Lipinski definition) is 3. The summed E-state index contributed by atoms with van der Waals surface area (Å²) < 4.78 is 78.3. The van der Waals surface area contributed by atoms with Crippen LogP contribution >= 0.6 is 0 Å². The van der Waals surface area contributed by atoms with Gasteiger partial charge < -0.3 is 14.7 Å². The number of esters is 1. The minimum Gasteiger partial charge on any atom is -0.591 e. The van der Waals surface area contributed by atoms with Crippen LogP contribution in [0.4, 0.5) is 18.0 Å². The lowest BCUT2D eigenvalue weighted by Gasteiger charge is -2.28. The number of carbonyl (C=O) groups excluding carboxylic acids is 2. The normalized spacial score (nSPS) is 12.5. The number of amides is 1. The van der Waals surface area contributed by atoms with Crippen molar-refractivity contribution in [1.82, 2.24) is 25.1 Å². The van der Waals surface area contributed by atoms with E-state index < -0.39 is 52.6 Å². The first-order valence-electron chi connectivity index (χ1n) is 13.6. The van der Waals surface area contributed by atoms with Crippen molar-refractivity contribution in [1.29, 1.82) is 0 Å². The number of benzene rings is 3. The summed E-state index contributed by atoms with van der Waals surface area (Å²) in [5.74, 6) is -0.664. The number of carbonyl (C=O) groups is 2. The lowest BCUT2D eigenvalue weighted by molar-refractivity contribution is -1.03. The van der Waals surface area contributed by atoms with Gasteiger partial charge in [0.25, 0.3) is 10.0 Å². The highest BCUT2D eigenvalue weighted by atomic mass is 32.2. The van der Waals surface area contributed by atoms with E-state index in [0.717, 1.165) is 33.5 Å². The van der Waals surface area contributed by atoms with Crippen LogP contribution in [0.1, 0.15) is 21.6 Å². The van der Waals surface area contributed by atoms with Gasteiger partial charge in [0, 0.05) is 12.6 Å². The Labute approximate surface area is 266 Å². The second kappa shape index (κ2) is 15.2. The molecule has 3 aromatic carbocycles. The maximum Gasteiger partial charge on any atom is 0.435 e. The van der Waals surface area contributed by atoms with E-state index in [1.807, 2.05) is 12.5 Å². The lowest BCUT2D eigenvalue weighted by Crippen LogP contribution is -3.19. The van der Waals surface area contributed by atoms with E-state index in [1.165, 1.54) is 31.3 Å². The zero-order chi connectivity index (χ0) is 34.2. The Morgan fingerprint density at radius 1 is 1.00 bits per heavy atom. The number of ether oxygens (including phenoxy) is 2. The van der Waals surface area contributed by atoms with Gasteiger partial charge in [-0.2, -0.15) is 23.6 Å². The van der Waals surface area contributed by atoms with Crippen molar-refractivity contribution < 1.29 is 50.8 Å². The molecule has 18 heteroatoms. The first-order valence-corrected chi connectivity index (χ1v) is 15.1. The van der Waals surface area contributed by atoms with Crippen molar-refractivity contribution in [2.45, 2.75) is 18.0 Å². The summed E-state index contributed by atoms with van der Waals surface area (Å²) in [5, 5.41) is 16.0. The molecule has 0 saturated carbocycles. The molecule has 1 heterocycles. The van der Waals surface area contributed by atoms with Crippen LogP contribution in [0.5, 0.6) is 0 Å². The molecule has 4 rings (SSSR count). The van der Waals surface area contributed by atoms with Crippen molar-refractivity contribution in [3.63, 3.8) is 0 Å². The average Bonchev–Trinajstić information content (AvgIpc) is 3.50. The van der Waals surface area contributed by atoms with Gasteiger partial charge in [0.05, 0.1) is 28.4 Å². The van der Waals surface area contributed by atoms with E-state index in [2.05, 4.69) is 5.10 Å². The van der Waals surface area contributed by atoms with E-state index in [0.29, 0.717) is 11.1 Å². The van der Waals surface area contributed by atoms with Crippen molar-refractivity contribution in [3.8, 4) is 16.9 Å². The summed E-state index contributed by atoms with van der Waals surface area (Å²) in [6, 6.07) is 20.4. The number of quaternary nitrogens is 1. The number of nitrogens with one attached hydrogen (secondary N) is 3. The van der Waals surface area contributed by atoms with Crippen LogP contribution in [-0.4, -0.2) is 62.3 Å². The van der Waals surface area contributed by atoms with Crippen molar-refractivity contribution >= 4 is 22.1 Å². The standard InChI is InChI=1S/C29H29F3N6O8S/c1-20-8-10-21(11-9-20)25-18-26(29(30,31)32)33-37(25)23-12-14-24(15-13-23)47(42,43)34-28(40)44-17-16-36(2)38(41)35-46-19-45-27(39)22-6-4-3-5-7-22/h3-15,18,35,38H,16-17,19H2,1-2H3,(H,34,40). The first kappa shape index (κ1) is 35.0. The molecule has 0 aliphatic heterocycles. The molecule has 250 valence electrons. The van der Waals surface area contributed by atoms with Crippen LogP contribution < -0.4 is 15.6 Å². The Hall–Kier alpha value is -4.85. The Kier molecular flexibility index (Phi) is 11.3. The molecular weight excluding hydrogens is 649 g/mol. The largest absolute Gasteiger partial charge is 0.591 e. The van der Waals surface area contributed by atoms with Gasteiger partial charge in [-0.3, -0.25) is 0 Å². The molecular formula is C29H29F3N6O8S. The van der Waals surface area contributed by atoms with Gasteiger partial charge in [-0.25, -0.2) is 32.2 Å². The number of aromatic nitrogens is 2. The van der Waals surface area contributed by atoms with Gasteiger partial charge in [-0.15, -0.1) is 5.01 Å². The van der Waals surface area contributed by atoms with E-state index in [1.54, 1.807) is 47.2 Å². The lowest BCUT2D eigenvalue weighted by atomic mass is 10.1.